The molecule has 2 atom stereocenters. The van der Waals surface area contributed by atoms with Crippen LogP contribution in [0.5, 0.6) is 0 Å². The molecule has 0 aliphatic heterocycles. The number of carbonyl (C=O) groups is 2. The van der Waals surface area contributed by atoms with E-state index < -0.39 is 12.0 Å². The molecular formula is C19H20N2O3. The molecule has 2 N–H and O–H groups in total. The van der Waals surface area contributed by atoms with E-state index >= 15 is 0 Å². The van der Waals surface area contributed by atoms with Crippen LogP contribution in [-0.4, -0.2) is 28.0 Å². The van der Waals surface area contributed by atoms with Gasteiger partial charge in [-0.25, -0.2) is 4.79 Å². The number of hydrogen-bond acceptors (Lipinski definition) is 3. The standard InChI is InChI=1S/C19H20N2O3/c22-18(14-8-10-20-11-9-14)21-17(19(23)24)12-15-6-3-5-13-4-1-2-7-16(13)15/h1-2,4,7-11,15,17H,3,5-6,12H2,(H,21,22)(H,23,24). The molecule has 3 rings (SSSR count). The maximum atomic E-state index is 12.2. The van der Waals surface area contributed by atoms with Gasteiger partial charge in [-0.1, -0.05) is 24.3 Å². The summed E-state index contributed by atoms with van der Waals surface area (Å²) in [6, 6.07) is 10.4. The summed E-state index contributed by atoms with van der Waals surface area (Å²) in [5.74, 6) is -1.22. The Morgan fingerprint density at radius 1 is 1.21 bits per heavy atom. The second-order valence-corrected chi connectivity index (χ2v) is 6.12. The number of hydrogen-bond donors (Lipinski definition) is 2. The molecule has 2 aromatic rings. The van der Waals surface area contributed by atoms with Crippen molar-refractivity contribution in [2.75, 3.05) is 0 Å². The van der Waals surface area contributed by atoms with Gasteiger partial charge in [-0.3, -0.25) is 9.78 Å². The van der Waals surface area contributed by atoms with Gasteiger partial charge in [0.25, 0.3) is 5.91 Å². The molecule has 1 aliphatic carbocycles. The van der Waals surface area contributed by atoms with Gasteiger partial charge in [0, 0.05) is 18.0 Å². The molecule has 1 aromatic heterocycles. The zero-order valence-corrected chi connectivity index (χ0v) is 13.3. The highest BCUT2D eigenvalue weighted by molar-refractivity contribution is 5.96. The van der Waals surface area contributed by atoms with Crippen LogP contribution in [-0.2, 0) is 11.2 Å². The van der Waals surface area contributed by atoms with Crippen LogP contribution in [0.25, 0.3) is 0 Å². The summed E-state index contributed by atoms with van der Waals surface area (Å²) < 4.78 is 0. The summed E-state index contributed by atoms with van der Waals surface area (Å²) in [5.41, 5.74) is 2.92. The van der Waals surface area contributed by atoms with Gasteiger partial charge in [-0.2, -0.15) is 0 Å². The topological polar surface area (TPSA) is 79.3 Å². The number of carbonyl (C=O) groups excluding carboxylic acids is 1. The molecular weight excluding hydrogens is 304 g/mol. The molecule has 2 unspecified atom stereocenters. The summed E-state index contributed by atoms with van der Waals surface area (Å²) in [5, 5.41) is 12.2. The van der Waals surface area contributed by atoms with Crippen molar-refractivity contribution in [2.24, 2.45) is 0 Å². The van der Waals surface area contributed by atoms with Crippen molar-refractivity contribution in [3.8, 4) is 0 Å². The molecule has 5 nitrogen and oxygen atoms in total. The maximum Gasteiger partial charge on any atom is 0.326 e. The number of carboxylic acids is 1. The lowest BCUT2D eigenvalue weighted by Gasteiger charge is -2.28. The van der Waals surface area contributed by atoms with Crippen molar-refractivity contribution in [2.45, 2.75) is 37.6 Å². The molecule has 0 bridgehead atoms. The van der Waals surface area contributed by atoms with Crippen LogP contribution in [0.15, 0.2) is 48.8 Å². The number of aryl methyl sites for hydroxylation is 1. The van der Waals surface area contributed by atoms with Crippen LogP contribution in [0, 0.1) is 0 Å². The first-order chi connectivity index (χ1) is 11.6. The summed E-state index contributed by atoms with van der Waals surface area (Å²) in [6.07, 6.45) is 6.47. The molecule has 1 aliphatic rings. The first-order valence-corrected chi connectivity index (χ1v) is 8.16. The van der Waals surface area contributed by atoms with E-state index in [-0.39, 0.29) is 11.8 Å². The van der Waals surface area contributed by atoms with Gasteiger partial charge < -0.3 is 10.4 Å². The Balaban J connectivity index is 1.74. The minimum Gasteiger partial charge on any atom is -0.480 e. The third-order valence-electron chi connectivity index (χ3n) is 4.56. The zero-order valence-electron chi connectivity index (χ0n) is 13.3. The average Bonchev–Trinajstić information content (AvgIpc) is 2.62. The Hall–Kier alpha value is -2.69. The Labute approximate surface area is 140 Å². The van der Waals surface area contributed by atoms with Crippen molar-refractivity contribution in [1.82, 2.24) is 10.3 Å². The third kappa shape index (κ3) is 3.62. The van der Waals surface area contributed by atoms with Crippen molar-refractivity contribution < 1.29 is 14.7 Å². The number of nitrogens with zero attached hydrogens (tertiary/aromatic N) is 1. The number of rotatable bonds is 5. The normalized spacial score (nSPS) is 17.6. The molecule has 0 spiro atoms. The fourth-order valence-corrected chi connectivity index (χ4v) is 3.35. The van der Waals surface area contributed by atoms with E-state index in [9.17, 15) is 14.7 Å². The van der Waals surface area contributed by atoms with Crippen molar-refractivity contribution in [3.05, 3.63) is 65.5 Å². The summed E-state index contributed by atoms with van der Waals surface area (Å²) >= 11 is 0. The third-order valence-corrected chi connectivity index (χ3v) is 4.56. The quantitative estimate of drug-likeness (QED) is 0.886. The van der Waals surface area contributed by atoms with Crippen molar-refractivity contribution in [1.29, 1.82) is 0 Å². The highest BCUT2D eigenvalue weighted by Crippen LogP contribution is 2.34. The molecule has 1 aromatic carbocycles. The number of benzene rings is 1. The fourth-order valence-electron chi connectivity index (χ4n) is 3.35. The lowest BCUT2D eigenvalue weighted by atomic mass is 9.79. The summed E-state index contributed by atoms with van der Waals surface area (Å²) in [4.78, 5) is 27.7. The van der Waals surface area contributed by atoms with Gasteiger partial charge >= 0.3 is 5.97 Å². The predicted octanol–water partition coefficient (Wildman–Crippen LogP) is 2.77. The second kappa shape index (κ2) is 7.25. The number of carboxylic acid groups (broad SMARTS) is 1. The maximum absolute atomic E-state index is 12.2. The molecule has 5 heteroatoms. The average molecular weight is 324 g/mol. The Morgan fingerprint density at radius 2 is 1.96 bits per heavy atom. The lowest BCUT2D eigenvalue weighted by molar-refractivity contribution is -0.139. The van der Waals surface area contributed by atoms with Crippen LogP contribution in [0.2, 0.25) is 0 Å². The van der Waals surface area contributed by atoms with Gasteiger partial charge in [0.05, 0.1) is 0 Å². The Morgan fingerprint density at radius 3 is 2.71 bits per heavy atom. The predicted molar refractivity (Wildman–Crippen MR) is 89.9 cm³/mol. The number of fused-ring (bicyclic) bond motifs is 1. The fraction of sp³-hybridized carbons (Fsp3) is 0.316. The summed E-state index contributed by atoms with van der Waals surface area (Å²) in [6.45, 7) is 0. The van der Waals surface area contributed by atoms with E-state index in [1.54, 1.807) is 12.1 Å². The van der Waals surface area contributed by atoms with Crippen LogP contribution >= 0.6 is 0 Å². The molecule has 0 fully saturated rings. The van der Waals surface area contributed by atoms with E-state index in [1.807, 2.05) is 12.1 Å². The number of nitrogens with one attached hydrogen (secondary N) is 1. The van der Waals surface area contributed by atoms with E-state index in [0.29, 0.717) is 12.0 Å². The molecule has 1 amide bonds. The minimum atomic E-state index is -1.000. The van der Waals surface area contributed by atoms with E-state index in [4.69, 9.17) is 0 Å². The van der Waals surface area contributed by atoms with Gasteiger partial charge in [-0.05, 0) is 54.9 Å². The highest BCUT2D eigenvalue weighted by atomic mass is 16.4. The van der Waals surface area contributed by atoms with Crippen molar-refractivity contribution >= 4 is 11.9 Å². The second-order valence-electron chi connectivity index (χ2n) is 6.12. The SMILES string of the molecule is O=C(NC(CC1CCCc2ccccc21)C(=O)O)c1ccncc1. The molecule has 0 saturated carbocycles. The van der Waals surface area contributed by atoms with Crippen LogP contribution in [0.3, 0.4) is 0 Å². The number of aliphatic carboxylic acids is 1. The number of aromatic nitrogens is 1. The van der Waals surface area contributed by atoms with Gasteiger partial charge in [0.1, 0.15) is 6.04 Å². The smallest absolute Gasteiger partial charge is 0.326 e. The first-order valence-electron chi connectivity index (χ1n) is 8.16. The van der Waals surface area contributed by atoms with Crippen LogP contribution in [0.4, 0.5) is 0 Å². The molecule has 24 heavy (non-hydrogen) atoms. The largest absolute Gasteiger partial charge is 0.480 e. The highest BCUT2D eigenvalue weighted by Gasteiger charge is 2.28. The minimum absolute atomic E-state index is 0.161. The molecule has 124 valence electrons. The first kappa shape index (κ1) is 16.2. The van der Waals surface area contributed by atoms with E-state index in [1.165, 1.54) is 23.5 Å². The van der Waals surface area contributed by atoms with Crippen molar-refractivity contribution in [3.63, 3.8) is 0 Å². The molecule has 1 heterocycles. The zero-order chi connectivity index (χ0) is 16.9. The van der Waals surface area contributed by atoms with E-state index in [2.05, 4.69) is 22.4 Å². The number of amides is 1. The van der Waals surface area contributed by atoms with Crippen LogP contribution < -0.4 is 5.32 Å². The van der Waals surface area contributed by atoms with E-state index in [0.717, 1.165) is 19.3 Å². The Bertz CT molecular complexity index is 730. The van der Waals surface area contributed by atoms with Gasteiger partial charge in [0.2, 0.25) is 0 Å². The van der Waals surface area contributed by atoms with Crippen LogP contribution in [0.1, 0.15) is 46.7 Å². The number of pyridine rings is 1. The summed E-state index contributed by atoms with van der Waals surface area (Å²) in [7, 11) is 0. The lowest BCUT2D eigenvalue weighted by Crippen LogP contribution is -2.42. The monoisotopic (exact) mass is 324 g/mol. The molecule has 0 saturated heterocycles. The molecule has 0 radical (unpaired) electrons. The van der Waals surface area contributed by atoms with Gasteiger partial charge in [0.15, 0.2) is 0 Å². The van der Waals surface area contributed by atoms with Gasteiger partial charge in [-0.15, -0.1) is 0 Å². The Kier molecular flexibility index (Phi) is 4.89.